The summed E-state index contributed by atoms with van der Waals surface area (Å²) in [6.45, 7) is 10.9. The molecule has 0 spiro atoms. The van der Waals surface area contributed by atoms with Gasteiger partial charge in [0, 0.05) is 25.1 Å². The zero-order chi connectivity index (χ0) is 14.6. The molecule has 0 saturated carbocycles. The fraction of sp³-hybridized carbons (Fsp3) is 0.714. The summed E-state index contributed by atoms with van der Waals surface area (Å²) in [5, 5.41) is 10.00. The van der Waals surface area contributed by atoms with E-state index in [9.17, 15) is 5.11 Å². The Hall–Kier alpha value is -1.36. The third kappa shape index (κ3) is 4.35. The summed E-state index contributed by atoms with van der Waals surface area (Å²) < 4.78 is 0. The highest BCUT2D eigenvalue weighted by molar-refractivity contribution is 5.56. The molecular weight excluding hydrogens is 240 g/mol. The Morgan fingerprint density at radius 2 is 1.89 bits per heavy atom. The SMILES string of the molecule is CCCc1nc(N)c(C)c(N(CC)CC(C)(C)O)n1. The molecule has 5 heteroatoms. The Morgan fingerprint density at radius 3 is 2.37 bits per heavy atom. The molecule has 0 amide bonds. The highest BCUT2D eigenvalue weighted by Crippen LogP contribution is 2.23. The molecule has 108 valence electrons. The standard InChI is InChI=1S/C14H26N4O/c1-6-8-11-16-12(15)10(3)13(17-11)18(7-2)9-14(4,5)19/h19H,6-9H2,1-5H3,(H2,15,16,17). The number of likely N-dealkylation sites (N-methyl/N-ethyl adjacent to an activating group) is 1. The molecule has 1 heterocycles. The maximum absolute atomic E-state index is 10.00. The van der Waals surface area contributed by atoms with Crippen LogP contribution in [-0.4, -0.2) is 33.8 Å². The van der Waals surface area contributed by atoms with Crippen molar-refractivity contribution >= 4 is 11.6 Å². The van der Waals surface area contributed by atoms with Crippen molar-refractivity contribution in [3.8, 4) is 0 Å². The van der Waals surface area contributed by atoms with E-state index < -0.39 is 5.60 Å². The lowest BCUT2D eigenvalue weighted by molar-refractivity contribution is 0.0874. The van der Waals surface area contributed by atoms with E-state index in [0.717, 1.165) is 36.6 Å². The number of hydrogen-bond acceptors (Lipinski definition) is 5. The van der Waals surface area contributed by atoms with Gasteiger partial charge in [-0.1, -0.05) is 6.92 Å². The molecule has 0 aliphatic carbocycles. The molecule has 5 nitrogen and oxygen atoms in total. The fourth-order valence-electron chi connectivity index (χ4n) is 2.02. The maximum Gasteiger partial charge on any atom is 0.137 e. The first-order valence-electron chi connectivity index (χ1n) is 6.88. The van der Waals surface area contributed by atoms with Crippen molar-refractivity contribution in [2.75, 3.05) is 23.7 Å². The topological polar surface area (TPSA) is 75.3 Å². The molecule has 1 aromatic rings. The maximum atomic E-state index is 10.00. The number of aryl methyl sites for hydroxylation is 1. The van der Waals surface area contributed by atoms with Gasteiger partial charge in [0.05, 0.1) is 5.60 Å². The molecule has 0 aromatic carbocycles. The minimum atomic E-state index is -0.771. The average Bonchev–Trinajstić information content (AvgIpc) is 2.30. The van der Waals surface area contributed by atoms with Crippen LogP contribution in [0.15, 0.2) is 0 Å². The summed E-state index contributed by atoms with van der Waals surface area (Å²) in [6.07, 6.45) is 1.80. The number of nitrogens with two attached hydrogens (primary N) is 1. The highest BCUT2D eigenvalue weighted by atomic mass is 16.3. The van der Waals surface area contributed by atoms with Crippen molar-refractivity contribution in [3.05, 3.63) is 11.4 Å². The van der Waals surface area contributed by atoms with Gasteiger partial charge in [0.25, 0.3) is 0 Å². The molecular formula is C14H26N4O. The van der Waals surface area contributed by atoms with Gasteiger partial charge in [-0.25, -0.2) is 9.97 Å². The first-order valence-corrected chi connectivity index (χ1v) is 6.88. The van der Waals surface area contributed by atoms with Crippen LogP contribution in [-0.2, 0) is 6.42 Å². The number of aliphatic hydroxyl groups is 1. The highest BCUT2D eigenvalue weighted by Gasteiger charge is 2.21. The second-order valence-electron chi connectivity index (χ2n) is 5.55. The zero-order valence-corrected chi connectivity index (χ0v) is 12.7. The van der Waals surface area contributed by atoms with E-state index in [-0.39, 0.29) is 0 Å². The van der Waals surface area contributed by atoms with Gasteiger partial charge in [-0.3, -0.25) is 0 Å². The van der Waals surface area contributed by atoms with Crippen molar-refractivity contribution in [2.45, 2.75) is 53.1 Å². The van der Waals surface area contributed by atoms with Gasteiger partial charge in [-0.15, -0.1) is 0 Å². The van der Waals surface area contributed by atoms with Gasteiger partial charge in [0.1, 0.15) is 17.5 Å². The van der Waals surface area contributed by atoms with E-state index in [2.05, 4.69) is 16.9 Å². The van der Waals surface area contributed by atoms with Crippen LogP contribution in [0.3, 0.4) is 0 Å². The Labute approximate surface area is 115 Å². The Bertz CT molecular complexity index is 426. The van der Waals surface area contributed by atoms with Crippen LogP contribution >= 0.6 is 0 Å². The van der Waals surface area contributed by atoms with E-state index >= 15 is 0 Å². The van der Waals surface area contributed by atoms with Gasteiger partial charge in [0.2, 0.25) is 0 Å². The van der Waals surface area contributed by atoms with Gasteiger partial charge in [-0.05, 0) is 34.1 Å². The van der Waals surface area contributed by atoms with Gasteiger partial charge in [-0.2, -0.15) is 0 Å². The molecule has 0 fully saturated rings. The van der Waals surface area contributed by atoms with Crippen molar-refractivity contribution in [2.24, 2.45) is 0 Å². The van der Waals surface area contributed by atoms with Crippen molar-refractivity contribution in [1.29, 1.82) is 0 Å². The fourth-order valence-corrected chi connectivity index (χ4v) is 2.02. The zero-order valence-electron chi connectivity index (χ0n) is 12.7. The summed E-state index contributed by atoms with van der Waals surface area (Å²) in [4.78, 5) is 11.0. The number of hydrogen-bond donors (Lipinski definition) is 2. The first-order chi connectivity index (χ1) is 8.78. The predicted octanol–water partition coefficient (Wildman–Crippen LogP) is 1.92. The number of nitrogens with zero attached hydrogens (tertiary/aromatic N) is 3. The van der Waals surface area contributed by atoms with Crippen LogP contribution in [0.5, 0.6) is 0 Å². The van der Waals surface area contributed by atoms with E-state index in [4.69, 9.17) is 5.73 Å². The summed E-state index contributed by atoms with van der Waals surface area (Å²) in [5.41, 5.74) is 6.08. The lowest BCUT2D eigenvalue weighted by Gasteiger charge is -2.30. The summed E-state index contributed by atoms with van der Waals surface area (Å²) in [6, 6.07) is 0. The van der Waals surface area contributed by atoms with Crippen LogP contribution in [0.4, 0.5) is 11.6 Å². The Morgan fingerprint density at radius 1 is 1.26 bits per heavy atom. The average molecular weight is 266 g/mol. The van der Waals surface area contributed by atoms with Gasteiger partial charge in [0.15, 0.2) is 0 Å². The molecule has 19 heavy (non-hydrogen) atoms. The molecule has 0 aliphatic rings. The molecule has 0 atom stereocenters. The molecule has 0 bridgehead atoms. The molecule has 0 aliphatic heterocycles. The van der Waals surface area contributed by atoms with Crippen molar-refractivity contribution in [1.82, 2.24) is 9.97 Å². The third-order valence-corrected chi connectivity index (χ3v) is 2.94. The second kappa shape index (κ2) is 6.19. The molecule has 0 radical (unpaired) electrons. The lowest BCUT2D eigenvalue weighted by atomic mass is 10.1. The van der Waals surface area contributed by atoms with E-state index in [1.165, 1.54) is 0 Å². The molecule has 1 aromatic heterocycles. The molecule has 0 unspecified atom stereocenters. The normalized spacial score (nSPS) is 11.7. The third-order valence-electron chi connectivity index (χ3n) is 2.94. The van der Waals surface area contributed by atoms with E-state index in [0.29, 0.717) is 12.4 Å². The molecule has 0 saturated heterocycles. The molecule has 1 rings (SSSR count). The van der Waals surface area contributed by atoms with Crippen molar-refractivity contribution in [3.63, 3.8) is 0 Å². The monoisotopic (exact) mass is 266 g/mol. The van der Waals surface area contributed by atoms with Crippen LogP contribution < -0.4 is 10.6 Å². The number of aromatic nitrogens is 2. The number of nitrogen functional groups attached to an aromatic ring is 1. The minimum absolute atomic E-state index is 0.520. The van der Waals surface area contributed by atoms with Crippen LogP contribution in [0.1, 0.15) is 45.5 Å². The quantitative estimate of drug-likeness (QED) is 0.822. The summed E-state index contributed by atoms with van der Waals surface area (Å²) in [5.74, 6) is 2.14. The van der Waals surface area contributed by atoms with Crippen molar-refractivity contribution < 1.29 is 5.11 Å². The van der Waals surface area contributed by atoms with Crippen LogP contribution in [0.25, 0.3) is 0 Å². The smallest absolute Gasteiger partial charge is 0.137 e. The minimum Gasteiger partial charge on any atom is -0.389 e. The number of rotatable bonds is 6. The van der Waals surface area contributed by atoms with Gasteiger partial charge >= 0.3 is 0 Å². The predicted molar refractivity (Wildman–Crippen MR) is 79.4 cm³/mol. The lowest BCUT2D eigenvalue weighted by Crippen LogP contribution is -2.39. The van der Waals surface area contributed by atoms with Crippen LogP contribution in [0.2, 0.25) is 0 Å². The van der Waals surface area contributed by atoms with Crippen LogP contribution in [0, 0.1) is 6.92 Å². The Kier molecular flexibility index (Phi) is 5.11. The molecule has 3 N–H and O–H groups in total. The largest absolute Gasteiger partial charge is 0.389 e. The van der Waals surface area contributed by atoms with E-state index in [1.807, 2.05) is 18.7 Å². The second-order valence-corrected chi connectivity index (χ2v) is 5.55. The van der Waals surface area contributed by atoms with E-state index in [1.54, 1.807) is 13.8 Å². The van der Waals surface area contributed by atoms with Gasteiger partial charge < -0.3 is 15.7 Å². The Balaban J connectivity index is 3.14. The summed E-state index contributed by atoms with van der Waals surface area (Å²) >= 11 is 0. The summed E-state index contributed by atoms with van der Waals surface area (Å²) in [7, 11) is 0. The number of anilines is 2. The first kappa shape index (κ1) is 15.7.